The zero-order valence-corrected chi connectivity index (χ0v) is 16.3. The molecular weight excluding hydrogens is 394 g/mol. The Morgan fingerprint density at radius 3 is 2.86 bits per heavy atom. The van der Waals surface area contributed by atoms with Crippen LogP contribution in [0.15, 0.2) is 46.9 Å². The van der Waals surface area contributed by atoms with E-state index in [1.54, 1.807) is 30.0 Å². The minimum absolute atomic E-state index is 0.0617. The lowest BCUT2D eigenvalue weighted by Crippen LogP contribution is -2.25. The zero-order chi connectivity index (χ0) is 20.4. The summed E-state index contributed by atoms with van der Waals surface area (Å²) in [5, 5.41) is 3.49. The molecule has 3 aromatic rings. The number of Topliss-reactive ketones (excluding diaryl/α,β-unsaturated/α-hetero) is 1. The predicted molar refractivity (Wildman–Crippen MR) is 109 cm³/mol. The average Bonchev–Trinajstić information content (AvgIpc) is 3.10. The van der Waals surface area contributed by atoms with Crippen LogP contribution in [-0.2, 0) is 15.3 Å². The minimum Gasteiger partial charge on any atom is -0.482 e. The molecule has 0 radical (unpaired) electrons. The number of thioether (sulfide) groups is 1. The van der Waals surface area contributed by atoms with E-state index in [0.29, 0.717) is 28.3 Å². The molecule has 4 rings (SSSR count). The van der Waals surface area contributed by atoms with E-state index in [1.807, 2.05) is 24.5 Å². The summed E-state index contributed by atoms with van der Waals surface area (Å²) in [5.41, 5.74) is 2.06. The highest BCUT2D eigenvalue weighted by Gasteiger charge is 2.23. The molecule has 1 aliphatic heterocycles. The maximum atomic E-state index is 12.6. The number of amides is 1. The van der Waals surface area contributed by atoms with Crippen LogP contribution in [0.2, 0.25) is 0 Å². The molecule has 148 valence electrons. The van der Waals surface area contributed by atoms with Crippen LogP contribution in [0.4, 0.5) is 5.69 Å². The summed E-state index contributed by atoms with van der Waals surface area (Å²) < 4.78 is 16.2. The van der Waals surface area contributed by atoms with Crippen molar-refractivity contribution in [1.29, 1.82) is 0 Å². The molecule has 8 heteroatoms. The smallest absolute Gasteiger partial charge is 0.375 e. The number of ether oxygens (including phenoxy) is 2. The minimum atomic E-state index is -0.687. The Morgan fingerprint density at radius 2 is 2.03 bits per heavy atom. The Morgan fingerprint density at radius 1 is 1.21 bits per heavy atom. The molecule has 2 aromatic carbocycles. The van der Waals surface area contributed by atoms with Crippen molar-refractivity contribution in [3.05, 3.63) is 59.4 Å². The van der Waals surface area contributed by atoms with Gasteiger partial charge in [-0.1, -0.05) is 18.2 Å². The van der Waals surface area contributed by atoms with E-state index in [2.05, 4.69) is 5.32 Å². The number of para-hydroxylation sites is 1. The number of nitrogens with one attached hydrogen (secondary N) is 1. The third-order valence-corrected chi connectivity index (χ3v) is 5.02. The second-order valence-corrected chi connectivity index (χ2v) is 7.25. The molecule has 0 unspecified atom stereocenters. The van der Waals surface area contributed by atoms with Crippen molar-refractivity contribution >= 4 is 46.1 Å². The molecule has 1 amide bonds. The van der Waals surface area contributed by atoms with Crippen LogP contribution in [0.5, 0.6) is 5.75 Å². The molecule has 1 aliphatic rings. The lowest BCUT2D eigenvalue weighted by atomic mass is 10.1. The first-order chi connectivity index (χ1) is 14.1. The molecule has 0 saturated heterocycles. The number of anilines is 1. The van der Waals surface area contributed by atoms with Gasteiger partial charge in [-0.2, -0.15) is 11.8 Å². The molecule has 1 aromatic heterocycles. The topological polar surface area (TPSA) is 94.8 Å². The van der Waals surface area contributed by atoms with E-state index >= 15 is 0 Å². The number of furan rings is 1. The summed E-state index contributed by atoms with van der Waals surface area (Å²) in [6, 6.07) is 12.0. The molecule has 0 bridgehead atoms. The van der Waals surface area contributed by atoms with E-state index in [1.165, 1.54) is 6.07 Å². The van der Waals surface area contributed by atoms with Crippen LogP contribution in [0.1, 0.15) is 26.5 Å². The number of rotatable bonds is 6. The van der Waals surface area contributed by atoms with E-state index in [-0.39, 0.29) is 18.3 Å². The summed E-state index contributed by atoms with van der Waals surface area (Å²) in [6.45, 7) is -0.504. The molecule has 29 heavy (non-hydrogen) atoms. The van der Waals surface area contributed by atoms with Crippen molar-refractivity contribution in [2.45, 2.75) is 5.75 Å². The van der Waals surface area contributed by atoms with E-state index in [9.17, 15) is 14.4 Å². The number of carbonyl (C=O) groups is 3. The molecule has 0 saturated carbocycles. The maximum absolute atomic E-state index is 12.6. The largest absolute Gasteiger partial charge is 0.482 e. The predicted octanol–water partition coefficient (Wildman–Crippen LogP) is 3.67. The van der Waals surface area contributed by atoms with Gasteiger partial charge in [-0.15, -0.1) is 0 Å². The van der Waals surface area contributed by atoms with Crippen molar-refractivity contribution in [3.63, 3.8) is 0 Å². The van der Waals surface area contributed by atoms with Gasteiger partial charge in [0.05, 0.1) is 5.69 Å². The number of esters is 1. The van der Waals surface area contributed by atoms with Gasteiger partial charge in [0.2, 0.25) is 5.76 Å². The van der Waals surface area contributed by atoms with E-state index in [4.69, 9.17) is 13.9 Å². The lowest BCUT2D eigenvalue weighted by molar-refractivity contribution is -0.118. The molecule has 0 aliphatic carbocycles. The molecular formula is C21H17NO6S. The Kier molecular flexibility index (Phi) is 5.26. The van der Waals surface area contributed by atoms with Crippen LogP contribution in [0.3, 0.4) is 0 Å². The first kappa shape index (κ1) is 19.1. The second-order valence-electron chi connectivity index (χ2n) is 6.39. The Hall–Kier alpha value is -3.26. The summed E-state index contributed by atoms with van der Waals surface area (Å²) >= 11 is 1.56. The molecule has 0 atom stereocenters. The van der Waals surface area contributed by atoms with Crippen molar-refractivity contribution < 1.29 is 28.3 Å². The Balaban J connectivity index is 1.49. The fourth-order valence-corrected chi connectivity index (χ4v) is 3.66. The van der Waals surface area contributed by atoms with Crippen LogP contribution in [0.25, 0.3) is 11.0 Å². The average molecular weight is 411 g/mol. The van der Waals surface area contributed by atoms with Crippen LogP contribution < -0.4 is 10.1 Å². The number of carbonyl (C=O) groups excluding carboxylic acids is 3. The molecule has 0 spiro atoms. The zero-order valence-electron chi connectivity index (χ0n) is 15.5. The molecule has 2 heterocycles. The Labute approximate surface area is 170 Å². The second kappa shape index (κ2) is 8.00. The third kappa shape index (κ3) is 3.84. The van der Waals surface area contributed by atoms with Gasteiger partial charge in [0.1, 0.15) is 11.3 Å². The first-order valence-electron chi connectivity index (χ1n) is 8.83. The standard InChI is InChI=1S/C21H17NO6S/c1-29-11-14-13-4-2-3-5-17(13)28-20(14)21(25)27-9-16(23)12-6-7-18-15(8-12)22-19(24)10-26-18/h2-8H,9-11H2,1H3,(H,22,24). The van der Waals surface area contributed by atoms with Crippen molar-refractivity contribution in [2.24, 2.45) is 0 Å². The number of ketones is 1. The van der Waals surface area contributed by atoms with Gasteiger partial charge in [0, 0.05) is 22.3 Å². The molecule has 0 fully saturated rings. The lowest BCUT2D eigenvalue weighted by Gasteiger charge is -2.18. The van der Waals surface area contributed by atoms with Gasteiger partial charge in [0.15, 0.2) is 19.0 Å². The van der Waals surface area contributed by atoms with Crippen molar-refractivity contribution in [2.75, 3.05) is 24.8 Å². The SMILES string of the molecule is CSCc1c(C(=O)OCC(=O)c2ccc3c(c2)NC(=O)CO3)oc2ccccc12. The van der Waals surface area contributed by atoms with Gasteiger partial charge in [-0.25, -0.2) is 4.79 Å². The number of fused-ring (bicyclic) bond motifs is 2. The summed E-state index contributed by atoms with van der Waals surface area (Å²) in [7, 11) is 0. The maximum Gasteiger partial charge on any atom is 0.375 e. The van der Waals surface area contributed by atoms with E-state index in [0.717, 1.165) is 10.9 Å². The summed E-state index contributed by atoms with van der Waals surface area (Å²) in [5.74, 6) is -0.196. The fourth-order valence-electron chi connectivity index (χ4n) is 3.09. The summed E-state index contributed by atoms with van der Waals surface area (Å²) in [4.78, 5) is 36.5. The normalized spacial score (nSPS) is 12.8. The van der Waals surface area contributed by atoms with Gasteiger partial charge in [-0.3, -0.25) is 9.59 Å². The summed E-state index contributed by atoms with van der Waals surface area (Å²) in [6.07, 6.45) is 1.93. The van der Waals surface area contributed by atoms with Crippen molar-refractivity contribution in [1.82, 2.24) is 0 Å². The number of hydrogen-bond donors (Lipinski definition) is 1. The van der Waals surface area contributed by atoms with Crippen molar-refractivity contribution in [3.8, 4) is 5.75 Å². The highest BCUT2D eigenvalue weighted by Crippen LogP contribution is 2.30. The molecule has 1 N–H and O–H groups in total. The highest BCUT2D eigenvalue weighted by molar-refractivity contribution is 7.97. The first-order valence-corrected chi connectivity index (χ1v) is 10.2. The quantitative estimate of drug-likeness (QED) is 0.488. The van der Waals surface area contributed by atoms with Gasteiger partial charge in [-0.05, 0) is 30.5 Å². The van der Waals surface area contributed by atoms with E-state index < -0.39 is 18.4 Å². The third-order valence-electron chi connectivity index (χ3n) is 4.44. The highest BCUT2D eigenvalue weighted by atomic mass is 32.2. The van der Waals surface area contributed by atoms with Crippen LogP contribution >= 0.6 is 11.8 Å². The van der Waals surface area contributed by atoms with Crippen LogP contribution in [-0.4, -0.2) is 37.1 Å². The van der Waals surface area contributed by atoms with Gasteiger partial charge in [0.25, 0.3) is 5.91 Å². The fraction of sp³-hybridized carbons (Fsp3) is 0.190. The van der Waals surface area contributed by atoms with Gasteiger partial charge >= 0.3 is 5.97 Å². The van der Waals surface area contributed by atoms with Crippen LogP contribution in [0, 0.1) is 0 Å². The number of hydrogen-bond acceptors (Lipinski definition) is 7. The monoisotopic (exact) mass is 411 g/mol. The molecule has 7 nitrogen and oxygen atoms in total. The number of benzene rings is 2. The van der Waals surface area contributed by atoms with Gasteiger partial charge < -0.3 is 19.2 Å². The Bertz CT molecular complexity index is 1120.